The minimum atomic E-state index is -5.14. The molecule has 0 rings (SSSR count). The van der Waals surface area contributed by atoms with Gasteiger partial charge in [-0.25, -0.2) is 22.8 Å². The van der Waals surface area contributed by atoms with Crippen molar-refractivity contribution in [3.63, 3.8) is 0 Å². The summed E-state index contributed by atoms with van der Waals surface area (Å²) in [5.74, 6) is -0.108. The van der Waals surface area contributed by atoms with Gasteiger partial charge in [-0.05, 0) is 6.42 Å². The van der Waals surface area contributed by atoms with E-state index in [1.165, 1.54) is 0 Å². The molecule has 0 spiro atoms. The van der Waals surface area contributed by atoms with Crippen LogP contribution in [0.5, 0.6) is 0 Å². The molecular weight excluding hydrogens is 625 g/mol. The van der Waals surface area contributed by atoms with Crippen molar-refractivity contribution < 1.29 is 106 Å². The van der Waals surface area contributed by atoms with E-state index in [1.54, 1.807) is 0 Å². The van der Waals surface area contributed by atoms with Gasteiger partial charge in [-0.2, -0.15) is 8.42 Å². The first-order valence-electron chi connectivity index (χ1n) is 6.27. The summed E-state index contributed by atoms with van der Waals surface area (Å²) in [5, 5.41) is 0. The molecule has 0 saturated carbocycles. The quantitative estimate of drug-likeness (QED) is 0.0848. The first-order valence-corrected chi connectivity index (χ1v) is 15.4. The van der Waals surface area contributed by atoms with E-state index in [0.29, 0.717) is 6.42 Å². The third-order valence-electron chi connectivity index (χ3n) is 0.756. The number of unbranched alkanes of at least 4 members (excludes halogenated alkanes) is 1. The molecule has 0 bridgehead atoms. The summed E-state index contributed by atoms with van der Waals surface area (Å²) in [4.78, 5) is 69.7. The molecule has 0 aliphatic rings. The molecule has 0 aromatic carbocycles. The predicted octanol–water partition coefficient (Wildman–Crippen LogP) is 0.269. The van der Waals surface area contributed by atoms with E-state index in [1.807, 2.05) is 6.92 Å². The summed E-state index contributed by atoms with van der Waals surface area (Å²) in [6.07, 6.45) is 1.33. The molecule has 30 heteroatoms. The molecule has 0 heterocycles. The maximum atomic E-state index is 10.4. The Morgan fingerprint density at radius 2 is 0.676 bits per heavy atom. The molecule has 0 aliphatic carbocycles. The topological polar surface area (TPSA) is 342 Å². The summed E-state index contributed by atoms with van der Waals surface area (Å²) in [6, 6.07) is 0. The van der Waals surface area contributed by atoms with Gasteiger partial charge in [0.1, 0.15) is 0 Å². The Morgan fingerprint density at radius 3 is 0.706 bits per heavy atom. The van der Waals surface area contributed by atoms with Crippen molar-refractivity contribution in [1.29, 1.82) is 0 Å². The van der Waals surface area contributed by atoms with Gasteiger partial charge in [0.05, 0.1) is 5.75 Å². The monoisotopic (exact) mass is 646 g/mol. The average molecular weight is 646 g/mol. The van der Waals surface area contributed by atoms with Crippen LogP contribution in [0.3, 0.4) is 0 Å². The Hall–Kier alpha value is 0.907. The van der Waals surface area contributed by atoms with Gasteiger partial charge in [0.25, 0.3) is 10.1 Å². The van der Waals surface area contributed by atoms with Gasteiger partial charge >= 0.3 is 58.4 Å². The van der Waals surface area contributed by atoms with Crippen LogP contribution in [0.2, 0.25) is 0 Å². The zero-order chi connectivity index (χ0) is 29.1. The molecule has 0 atom stereocenters. The Kier molecular flexibility index (Phi) is 34.9. The van der Waals surface area contributed by atoms with Crippen molar-refractivity contribution in [2.24, 2.45) is 0 Å². The molecule has 0 aromatic heterocycles. The number of halogens is 5. The summed E-state index contributed by atoms with van der Waals surface area (Å²) < 4.78 is 123. The van der Waals surface area contributed by atoms with Crippen molar-refractivity contribution in [1.82, 2.24) is 0 Å². The number of hydrogen-bond donors (Lipinski definition) is 11. The summed E-state index contributed by atoms with van der Waals surface area (Å²) in [6.45, 7) is 1.87. The molecule has 34 heavy (non-hydrogen) atoms. The second-order valence-corrected chi connectivity index (χ2v) is 10.3. The standard InChI is InChI=1S/C4H10O3S.5FH2O3P.Li.H/c1-2-3-4-8(5,6)7;5*1-5(2,3)4;;/h2-4H2,1H3,(H,5,6,7);5*(H2,2,3,4);;. The van der Waals surface area contributed by atoms with Crippen LogP contribution >= 0.6 is 39.5 Å². The van der Waals surface area contributed by atoms with Crippen molar-refractivity contribution >= 4 is 68.5 Å². The Bertz CT molecular complexity index is 651. The molecule has 212 valence electrons. The van der Waals surface area contributed by atoms with Gasteiger partial charge in [-0.15, -0.1) is 21.0 Å². The third-order valence-corrected chi connectivity index (χ3v) is 1.56. The molecule has 0 radical (unpaired) electrons. The number of hydrogen-bond acceptors (Lipinski definition) is 7. The van der Waals surface area contributed by atoms with E-state index in [2.05, 4.69) is 0 Å². The normalized spacial score (nSPS) is 11.4. The molecule has 0 aliphatic heterocycles. The molecular formula is C4H21F5LiO18P5S. The van der Waals surface area contributed by atoms with E-state index >= 15 is 0 Å². The van der Waals surface area contributed by atoms with Crippen LogP contribution in [0.25, 0.3) is 0 Å². The van der Waals surface area contributed by atoms with Gasteiger partial charge in [0.2, 0.25) is 0 Å². The van der Waals surface area contributed by atoms with Crippen LogP contribution in [0.1, 0.15) is 19.8 Å². The van der Waals surface area contributed by atoms with Crippen LogP contribution in [0, 0.1) is 0 Å². The fourth-order valence-electron chi connectivity index (χ4n) is 0.327. The van der Waals surface area contributed by atoms with E-state index in [4.69, 9.17) is 76.3 Å². The molecule has 0 fully saturated rings. The molecule has 0 saturated heterocycles. The number of rotatable bonds is 3. The molecule has 0 aromatic rings. The first-order chi connectivity index (χ1) is 13.6. The van der Waals surface area contributed by atoms with Crippen molar-refractivity contribution in [2.75, 3.05) is 5.75 Å². The van der Waals surface area contributed by atoms with Crippen LogP contribution in [0.4, 0.5) is 21.0 Å². The van der Waals surface area contributed by atoms with Gasteiger partial charge in [-0.3, -0.25) is 53.5 Å². The Balaban J connectivity index is -0.0000000518. The maximum absolute atomic E-state index is 10.4. The SMILES string of the molecule is CCCCS(=O)(=O)O.O=P(O)(O)F.O=P(O)(O)F.O=P(O)(O)F.O=P(O)(O)F.O=P(O)(O)F.[LiH]. The molecule has 0 unspecified atom stereocenters. The van der Waals surface area contributed by atoms with Crippen molar-refractivity contribution in [2.45, 2.75) is 19.8 Å². The fraction of sp³-hybridized carbons (Fsp3) is 1.00. The third kappa shape index (κ3) is 960. The molecule has 0 amide bonds. The minimum absolute atomic E-state index is 0. The Morgan fingerprint density at radius 1 is 0.559 bits per heavy atom. The average Bonchev–Trinajstić information content (AvgIpc) is 2.24. The van der Waals surface area contributed by atoms with E-state index < -0.39 is 49.7 Å². The summed E-state index contributed by atoms with van der Waals surface area (Å²) in [7, 11) is -29.4. The molecule has 18 nitrogen and oxygen atoms in total. The fourth-order valence-corrected chi connectivity index (χ4v) is 0.980. The van der Waals surface area contributed by atoms with Crippen molar-refractivity contribution in [3.05, 3.63) is 0 Å². The van der Waals surface area contributed by atoms with Crippen molar-refractivity contribution in [3.8, 4) is 0 Å². The van der Waals surface area contributed by atoms with Gasteiger partial charge in [-0.1, -0.05) is 13.3 Å². The zero-order valence-electron chi connectivity index (χ0n) is 15.4. The second-order valence-electron chi connectivity index (χ2n) is 4.00. The summed E-state index contributed by atoms with van der Waals surface area (Å²) in [5.41, 5.74) is 0. The second kappa shape index (κ2) is 23.1. The Labute approximate surface area is 199 Å². The van der Waals surface area contributed by atoms with Gasteiger partial charge < -0.3 is 0 Å². The van der Waals surface area contributed by atoms with Crippen LogP contribution in [0.15, 0.2) is 0 Å². The van der Waals surface area contributed by atoms with Crippen LogP contribution in [-0.2, 0) is 32.9 Å². The van der Waals surface area contributed by atoms with Gasteiger partial charge in [0, 0.05) is 0 Å². The van der Waals surface area contributed by atoms with Crippen LogP contribution < -0.4 is 0 Å². The van der Waals surface area contributed by atoms with E-state index in [-0.39, 0.29) is 24.6 Å². The first kappa shape index (κ1) is 51.5. The summed E-state index contributed by atoms with van der Waals surface area (Å²) >= 11 is 0. The van der Waals surface area contributed by atoms with E-state index in [0.717, 1.165) is 6.42 Å². The van der Waals surface area contributed by atoms with Gasteiger partial charge in [0.15, 0.2) is 0 Å². The predicted molar refractivity (Wildman–Crippen MR) is 104 cm³/mol. The zero-order valence-corrected chi connectivity index (χ0v) is 20.7. The van der Waals surface area contributed by atoms with Crippen LogP contribution in [-0.4, -0.2) is 86.5 Å². The van der Waals surface area contributed by atoms with E-state index in [9.17, 15) is 29.4 Å². The molecule has 11 N–H and O–H groups in total.